The van der Waals surface area contributed by atoms with E-state index in [9.17, 15) is 0 Å². The van der Waals surface area contributed by atoms with Crippen LogP contribution in [0.2, 0.25) is 0 Å². The Hall–Kier alpha value is 1.37. The van der Waals surface area contributed by atoms with Gasteiger partial charge in [0.15, 0.2) is 0 Å². The molecule has 0 amide bonds. The predicted molar refractivity (Wildman–Crippen MR) is 23.4 cm³/mol. The molecule has 6 heavy (non-hydrogen) atoms. The van der Waals surface area contributed by atoms with Crippen molar-refractivity contribution >= 4 is 45.6 Å². The summed E-state index contributed by atoms with van der Waals surface area (Å²) in [6, 6.07) is 0. The predicted octanol–water partition coefficient (Wildman–Crippen LogP) is -0.972. The Balaban J connectivity index is -0.0000000133. The summed E-state index contributed by atoms with van der Waals surface area (Å²) in [5.74, 6) is 0. The number of phosphoric acid groups is 1. The van der Waals surface area contributed by atoms with Crippen molar-refractivity contribution in [2.75, 3.05) is 0 Å². The molecule has 0 saturated heterocycles. The van der Waals surface area contributed by atoms with Gasteiger partial charge in [0.2, 0.25) is 0 Å². The molecule has 0 unspecified atom stereocenters. The van der Waals surface area contributed by atoms with Gasteiger partial charge in [0.1, 0.15) is 0 Å². The van der Waals surface area contributed by atoms with Gasteiger partial charge in [-0.1, -0.05) is 0 Å². The van der Waals surface area contributed by atoms with E-state index < -0.39 is 7.82 Å². The van der Waals surface area contributed by atoms with Gasteiger partial charge >= 0.3 is 47.0 Å². The van der Waals surface area contributed by atoms with Gasteiger partial charge in [0, 0.05) is 0 Å². The van der Waals surface area contributed by atoms with Crippen LogP contribution in [-0.4, -0.2) is 52.4 Å². The summed E-state index contributed by atoms with van der Waals surface area (Å²) in [7, 11) is -4.64. The summed E-state index contributed by atoms with van der Waals surface area (Å²) in [5.41, 5.74) is 0. The molecule has 3 N–H and O–H groups in total. The molecule has 0 radical (unpaired) electrons. The van der Waals surface area contributed by atoms with Crippen LogP contribution >= 0.6 is 7.82 Å². The van der Waals surface area contributed by atoms with Gasteiger partial charge in [-0.3, -0.25) is 0 Å². The van der Waals surface area contributed by atoms with E-state index >= 15 is 0 Å². The van der Waals surface area contributed by atoms with Crippen molar-refractivity contribution in [3.05, 3.63) is 0 Å². The van der Waals surface area contributed by atoms with Crippen LogP contribution in [0.15, 0.2) is 0 Å². The Labute approximate surface area is 68.9 Å². The molecular formula is H6CaO4P+. The molecule has 6 heteroatoms. The third kappa shape index (κ3) is 54.6. The van der Waals surface area contributed by atoms with Crippen LogP contribution in [0.4, 0.5) is 0 Å². The standard InChI is InChI=1S/Ca.H3O4P.2H/c;1-5(2,3)4;;/h;(H3,1,2,3,4);;/q+2;;2*-1/p+1. The summed E-state index contributed by atoms with van der Waals surface area (Å²) in [4.78, 5) is 21.6. The summed E-state index contributed by atoms with van der Waals surface area (Å²) >= 11 is 0. The van der Waals surface area contributed by atoms with E-state index in [-0.39, 0.29) is 42.0 Å². The number of rotatable bonds is 0. The summed E-state index contributed by atoms with van der Waals surface area (Å²) in [6.45, 7) is 0. The maximum absolute atomic E-state index is 8.88. The molecule has 0 aromatic heterocycles. The second-order valence-corrected chi connectivity index (χ2v) is 1.54. The van der Waals surface area contributed by atoms with Crippen molar-refractivity contribution in [2.24, 2.45) is 0 Å². The summed E-state index contributed by atoms with van der Waals surface area (Å²) in [5, 5.41) is 0. The fraction of sp³-hybridized carbons (Fsp3) is 0. The molecule has 0 spiro atoms. The van der Waals surface area contributed by atoms with Gasteiger partial charge in [0.25, 0.3) is 0 Å². The molecular weight excluding hydrogens is 135 g/mol. The second kappa shape index (κ2) is 3.38. The third-order valence-corrected chi connectivity index (χ3v) is 0. The maximum Gasteiger partial charge on any atom is 2.00 e. The minimum Gasteiger partial charge on any atom is -1.00 e. The Morgan fingerprint density at radius 2 is 1.50 bits per heavy atom. The Bertz CT molecular complexity index is 61.9. The van der Waals surface area contributed by atoms with E-state index in [0.29, 0.717) is 0 Å². The monoisotopic (exact) mass is 141 g/mol. The molecule has 0 aliphatic heterocycles. The van der Waals surface area contributed by atoms with Gasteiger partial charge in [-0.25, -0.2) is 4.57 Å². The zero-order valence-electron chi connectivity index (χ0n) is 5.90. The second-order valence-electron chi connectivity index (χ2n) is 0.513. The third-order valence-electron chi connectivity index (χ3n) is 0. The van der Waals surface area contributed by atoms with Crippen LogP contribution in [0, 0.1) is 0 Å². The van der Waals surface area contributed by atoms with Crippen LogP contribution in [0.3, 0.4) is 0 Å². The first-order chi connectivity index (χ1) is 2.00. The van der Waals surface area contributed by atoms with Crippen molar-refractivity contribution < 1.29 is 23.5 Å². The Kier molecular flexibility index (Phi) is 5.84. The molecule has 0 bridgehead atoms. The van der Waals surface area contributed by atoms with Crippen molar-refractivity contribution in [3.8, 4) is 0 Å². The van der Waals surface area contributed by atoms with Gasteiger partial charge in [-0.05, 0) is 0 Å². The molecule has 0 rings (SSSR count). The fourth-order valence-electron chi connectivity index (χ4n) is 0. The largest absolute Gasteiger partial charge is 2.00 e. The fourth-order valence-corrected chi connectivity index (χ4v) is 0. The number of hydrogen-bond acceptors (Lipinski definition) is 1. The smallest absolute Gasteiger partial charge is 1.00 e. The first kappa shape index (κ1) is 10.4. The van der Waals surface area contributed by atoms with E-state index in [1.807, 2.05) is 0 Å². The zero-order valence-corrected chi connectivity index (χ0v) is 6.01. The van der Waals surface area contributed by atoms with Gasteiger partial charge in [-0.2, -0.15) is 0 Å². The maximum atomic E-state index is 8.88. The van der Waals surface area contributed by atoms with E-state index in [1.165, 1.54) is 0 Å². The number of hydrogen-bond donors (Lipinski definition) is 3. The molecule has 0 fully saturated rings. The quantitative estimate of drug-likeness (QED) is 0.299. The van der Waals surface area contributed by atoms with Crippen LogP contribution in [0.5, 0.6) is 0 Å². The van der Waals surface area contributed by atoms with E-state index in [0.717, 1.165) is 0 Å². The van der Waals surface area contributed by atoms with Crippen molar-refractivity contribution in [2.45, 2.75) is 0 Å². The SMILES string of the molecule is O=P(O)(O)O.[Ca+2].[H+].[H-].[H-]. The Morgan fingerprint density at radius 1 is 1.50 bits per heavy atom. The van der Waals surface area contributed by atoms with E-state index in [4.69, 9.17) is 19.2 Å². The first-order valence-corrected chi connectivity index (χ1v) is 2.35. The average Bonchev–Trinajstić information content (AvgIpc) is 0.722. The van der Waals surface area contributed by atoms with Gasteiger partial charge in [-0.15, -0.1) is 0 Å². The molecule has 4 nitrogen and oxygen atoms in total. The molecule has 0 atom stereocenters. The van der Waals surface area contributed by atoms with E-state index in [1.54, 1.807) is 0 Å². The normalized spacial score (nSPS) is 9.83. The van der Waals surface area contributed by atoms with Crippen molar-refractivity contribution in [1.29, 1.82) is 0 Å². The summed E-state index contributed by atoms with van der Waals surface area (Å²) < 4.78 is 8.88. The van der Waals surface area contributed by atoms with Crippen LogP contribution in [0.25, 0.3) is 0 Å². The molecule has 0 aliphatic rings. The van der Waals surface area contributed by atoms with Crippen LogP contribution < -0.4 is 0 Å². The topological polar surface area (TPSA) is 77.8 Å². The minimum absolute atomic E-state index is 0. The molecule has 36 valence electrons. The Morgan fingerprint density at radius 3 is 1.50 bits per heavy atom. The summed E-state index contributed by atoms with van der Waals surface area (Å²) in [6.07, 6.45) is 0. The molecule has 0 aromatic rings. The minimum atomic E-state index is -4.64. The molecule has 0 aliphatic carbocycles. The van der Waals surface area contributed by atoms with Crippen LogP contribution in [0.1, 0.15) is 4.28 Å². The van der Waals surface area contributed by atoms with Gasteiger partial charge in [0.05, 0.1) is 0 Å². The first-order valence-electron chi connectivity index (χ1n) is 0.783. The molecule has 0 aromatic carbocycles. The van der Waals surface area contributed by atoms with Crippen molar-refractivity contribution in [1.82, 2.24) is 0 Å². The van der Waals surface area contributed by atoms with Crippen molar-refractivity contribution in [3.63, 3.8) is 0 Å². The van der Waals surface area contributed by atoms with Gasteiger partial charge < -0.3 is 17.5 Å². The average molecular weight is 141 g/mol. The van der Waals surface area contributed by atoms with E-state index in [2.05, 4.69) is 0 Å². The van der Waals surface area contributed by atoms with Crippen LogP contribution in [-0.2, 0) is 4.57 Å². The molecule has 0 saturated carbocycles. The molecule has 0 heterocycles. The zero-order chi connectivity index (χ0) is 4.50.